The minimum Gasteiger partial charge on any atom is -0.488 e. The number of nitrogens with one attached hydrogen (secondary N) is 4. The minimum atomic E-state index is -0.712. The Balaban J connectivity index is -0.00000240. The number of aliphatic imine (C=N–C) groups is 1. The van der Waals surface area contributed by atoms with Crippen molar-refractivity contribution in [3.8, 4) is 11.5 Å². The summed E-state index contributed by atoms with van der Waals surface area (Å²) in [4.78, 5) is 53.7. The summed E-state index contributed by atoms with van der Waals surface area (Å²) in [5.74, 6) is 1.28. The summed E-state index contributed by atoms with van der Waals surface area (Å²) in [5.41, 5.74) is 42.0. The van der Waals surface area contributed by atoms with Gasteiger partial charge in [-0.2, -0.15) is 79.2 Å². The minimum absolute atomic E-state index is 0. The number of carbonyl (C=O) groups is 4. The maximum Gasteiger partial charge on any atom is 0.237 e. The number of thiol groups is 2. The van der Waals surface area contributed by atoms with Gasteiger partial charge in [0.2, 0.25) is 17.7 Å². The van der Waals surface area contributed by atoms with Gasteiger partial charge in [-0.3, -0.25) is 29.6 Å². The summed E-state index contributed by atoms with van der Waals surface area (Å²) in [7, 11) is 0. The number of ether oxygens (including phenoxy) is 2. The first-order chi connectivity index (χ1) is 28.7. The molecule has 18 N–H and O–H groups in total. The second-order valence-electron chi connectivity index (χ2n) is 14.9. The van der Waals surface area contributed by atoms with E-state index in [2.05, 4.69) is 46.2 Å². The van der Waals surface area contributed by atoms with E-state index in [-0.39, 0.29) is 148 Å². The summed E-state index contributed by atoms with van der Waals surface area (Å²) >= 11 is 8.87. The fourth-order valence-corrected chi connectivity index (χ4v) is 6.64. The summed E-state index contributed by atoms with van der Waals surface area (Å²) < 4.78 is 12.0. The average Bonchev–Trinajstić information content (AvgIpc) is 3.22. The quantitative estimate of drug-likeness (QED) is 0.0196. The molecule has 1 rings (SSSR count). The van der Waals surface area contributed by atoms with E-state index >= 15 is 0 Å². The molecule has 1 radical (unpaired) electrons. The van der Waals surface area contributed by atoms with E-state index in [4.69, 9.17) is 55.0 Å². The van der Waals surface area contributed by atoms with Crippen molar-refractivity contribution in [1.82, 2.24) is 16.0 Å². The van der Waals surface area contributed by atoms with Crippen molar-refractivity contribution in [3.05, 3.63) is 23.3 Å². The first kappa shape index (κ1) is 72.7. The Hall–Kier alpha value is -1.32. The van der Waals surface area contributed by atoms with Crippen LogP contribution in [-0.2, 0) is 63.4 Å². The van der Waals surface area contributed by atoms with Crippen molar-refractivity contribution < 1.29 is 61.4 Å². The molecule has 1 aromatic carbocycles. The molecular formula is C40H82N12O6S6Y. The number of rotatable bonds is 36. The third-order valence-corrected chi connectivity index (χ3v) is 10.4. The van der Waals surface area contributed by atoms with E-state index in [0.717, 1.165) is 49.7 Å². The third-order valence-electron chi connectivity index (χ3n) is 9.71. The molecule has 4 atom stereocenters. The molecule has 0 aliphatic heterocycles. The first-order valence-electron chi connectivity index (χ1n) is 21.1. The van der Waals surface area contributed by atoms with Gasteiger partial charge in [-0.05, 0) is 87.5 Å². The molecule has 0 heterocycles. The van der Waals surface area contributed by atoms with Crippen LogP contribution in [0.1, 0.15) is 114 Å². The van der Waals surface area contributed by atoms with E-state index in [1.54, 1.807) is 0 Å². The van der Waals surface area contributed by atoms with Gasteiger partial charge in [-0.25, -0.2) is 0 Å². The van der Waals surface area contributed by atoms with Gasteiger partial charge in [0, 0.05) is 70.1 Å². The first-order valence-corrected chi connectivity index (χ1v) is 22.4. The number of amidine groups is 1. The molecule has 0 saturated carbocycles. The Morgan fingerprint density at radius 1 is 0.569 bits per heavy atom. The Kier molecular flexibility index (Phi) is 50.5. The Labute approximate surface area is 451 Å². The smallest absolute Gasteiger partial charge is 0.237 e. The number of hydrogen-bond donors (Lipinski definition) is 13. The molecular weight excluding hydrogens is 1030 g/mol. The van der Waals surface area contributed by atoms with Crippen molar-refractivity contribution in [1.29, 1.82) is 5.41 Å². The number of unbranched alkanes of at least 4 members (excludes halogenated alkanes) is 6. The number of carbonyl (C=O) groups excluding carboxylic acids is 4. The summed E-state index contributed by atoms with van der Waals surface area (Å²) in [6.45, 7) is 1.69. The van der Waals surface area contributed by atoms with Crippen LogP contribution in [0.2, 0.25) is 0 Å². The fraction of sp³-hybridized carbons (Fsp3) is 0.700. The molecule has 0 saturated heterocycles. The van der Waals surface area contributed by atoms with Crippen LogP contribution >= 0.6 is 79.2 Å². The van der Waals surface area contributed by atoms with Crippen LogP contribution in [0.3, 0.4) is 0 Å². The average molecular weight is 1110 g/mol. The van der Waals surface area contributed by atoms with E-state index in [9.17, 15) is 19.2 Å². The standard InChI is InChI=1S/C40H74N12O6S2.4H2S.Y/c41-29(11-7-10-18-52-40(47)48)33(53)15-5-1-3-12-31(43)38(55)50-19-21-57-34-23-27(25-59)28(26-60)24-35(34)58-22-20-51-39(56)32(44)14-8-9-17-49-37(54)30(42)13-4-2-6-16-36(45)46;;;;;/h23-24,29-32,59-60H,1-22,25-26,41-44H2,(H3,45,46)(H,49,54)(H,50,55)(H,51,56)(H4,47,48,52);4*1H2;/t29-,30-,31-,32-;;;;;/m0...../s1. The largest absolute Gasteiger partial charge is 0.488 e. The number of benzene rings is 1. The Bertz CT molecular complexity index is 1490. The van der Waals surface area contributed by atoms with Crippen LogP contribution in [0.4, 0.5) is 0 Å². The molecule has 1 aromatic rings. The van der Waals surface area contributed by atoms with Gasteiger partial charge in [-0.1, -0.05) is 25.7 Å². The third kappa shape index (κ3) is 35.5. The van der Waals surface area contributed by atoms with Crippen molar-refractivity contribution in [2.45, 2.75) is 138 Å². The van der Waals surface area contributed by atoms with Gasteiger partial charge in [-0.15, -0.1) is 0 Å². The van der Waals surface area contributed by atoms with Crippen molar-refractivity contribution in [2.75, 3.05) is 39.4 Å². The normalized spacial score (nSPS) is 12.0. The number of nitrogens with two attached hydrogens (primary N) is 7. The SMILES string of the molecule is N=C(N)CCCCC[C@H](N)C(=O)NCCCC[C@H](N)C(=O)NCCOc1cc(CS)c(CS)cc1OCCNC(=O)[C@@H](N)CCCCCC(=O)[C@@H](N)CCCCN=C(N)N.S.S.S.S.[Y]. The number of Topliss-reactive ketones (excluding diaryl/α,β-unsaturated/α-hetero) is 1. The molecule has 18 nitrogen and oxygen atoms in total. The van der Waals surface area contributed by atoms with Gasteiger partial charge in [0.25, 0.3) is 0 Å². The van der Waals surface area contributed by atoms with Crippen molar-refractivity contribution in [3.63, 3.8) is 0 Å². The Morgan fingerprint density at radius 3 is 1.37 bits per heavy atom. The van der Waals surface area contributed by atoms with Crippen LogP contribution in [0.15, 0.2) is 17.1 Å². The second kappa shape index (κ2) is 45.1. The molecule has 377 valence electrons. The number of amides is 3. The van der Waals surface area contributed by atoms with Crippen molar-refractivity contribution in [2.24, 2.45) is 45.1 Å². The van der Waals surface area contributed by atoms with Gasteiger partial charge < -0.3 is 65.6 Å². The van der Waals surface area contributed by atoms with Gasteiger partial charge >= 0.3 is 0 Å². The van der Waals surface area contributed by atoms with Gasteiger partial charge in [0.1, 0.15) is 19.0 Å². The molecule has 0 aliphatic rings. The van der Waals surface area contributed by atoms with Gasteiger partial charge in [0.15, 0.2) is 17.5 Å². The monoisotopic (exact) mass is 1110 g/mol. The van der Waals surface area contributed by atoms with E-state index < -0.39 is 24.2 Å². The zero-order valence-corrected chi connectivity index (χ0v) is 46.5. The molecule has 0 fully saturated rings. The van der Waals surface area contributed by atoms with E-state index in [1.165, 1.54) is 0 Å². The zero-order chi connectivity index (χ0) is 44.7. The predicted molar refractivity (Wildman–Crippen MR) is 287 cm³/mol. The molecule has 0 aliphatic carbocycles. The molecule has 0 bridgehead atoms. The summed E-state index contributed by atoms with van der Waals surface area (Å²) in [6.07, 6.45) is 10.5. The van der Waals surface area contributed by atoms with Crippen molar-refractivity contribution >= 4 is 115 Å². The van der Waals surface area contributed by atoms with Crippen LogP contribution in [-0.4, -0.2) is 98.9 Å². The zero-order valence-electron chi connectivity index (χ0n) is 37.8. The fourth-order valence-electron chi connectivity index (χ4n) is 6.05. The van der Waals surface area contributed by atoms with Gasteiger partial charge in [0.05, 0.1) is 43.1 Å². The maximum atomic E-state index is 12.6. The predicted octanol–water partition coefficient (Wildman–Crippen LogP) is 1.43. The van der Waals surface area contributed by atoms with Crippen LogP contribution in [0, 0.1) is 5.41 Å². The molecule has 3 amide bonds. The number of hydrogen-bond acceptors (Lipinski definition) is 14. The number of ketones is 1. The van der Waals surface area contributed by atoms with E-state index in [1.807, 2.05) is 12.1 Å². The van der Waals surface area contributed by atoms with Crippen LogP contribution < -0.4 is 65.6 Å². The summed E-state index contributed by atoms with van der Waals surface area (Å²) in [5, 5.41) is 15.7. The number of nitrogens with zero attached hydrogens (tertiary/aromatic N) is 1. The summed E-state index contributed by atoms with van der Waals surface area (Å²) in [6, 6.07) is 1.18. The van der Waals surface area contributed by atoms with E-state index in [0.29, 0.717) is 100 Å². The topological polar surface area (TPSA) is 341 Å². The van der Waals surface area contributed by atoms with Crippen LogP contribution in [0.25, 0.3) is 0 Å². The van der Waals surface area contributed by atoms with Crippen LogP contribution in [0.5, 0.6) is 11.5 Å². The molecule has 0 unspecified atom stereocenters. The molecule has 0 spiro atoms. The molecule has 25 heteroatoms. The maximum absolute atomic E-state index is 12.6. The molecule has 0 aromatic heterocycles. The second-order valence-corrected chi connectivity index (χ2v) is 15.5. The molecule has 65 heavy (non-hydrogen) atoms. The Morgan fingerprint density at radius 2 is 0.954 bits per heavy atom. The number of guanidine groups is 1.